The summed E-state index contributed by atoms with van der Waals surface area (Å²) < 4.78 is 10.5. The summed E-state index contributed by atoms with van der Waals surface area (Å²) in [4.78, 5) is 11.7. The van der Waals surface area contributed by atoms with Gasteiger partial charge < -0.3 is 15.2 Å². The minimum absolute atomic E-state index is 0.0973. The van der Waals surface area contributed by atoms with Crippen LogP contribution < -0.4 is 10.5 Å². The second-order valence-electron chi connectivity index (χ2n) is 4.60. The van der Waals surface area contributed by atoms with Crippen molar-refractivity contribution in [1.29, 1.82) is 0 Å². The first-order valence-corrected chi connectivity index (χ1v) is 6.43. The smallest absolute Gasteiger partial charge is 0.430 e. The van der Waals surface area contributed by atoms with Gasteiger partial charge in [0.05, 0.1) is 0 Å². The van der Waals surface area contributed by atoms with Gasteiger partial charge in [0.15, 0.2) is 0 Å². The number of hydrogen-bond donors (Lipinski definition) is 1. The van der Waals surface area contributed by atoms with Crippen LogP contribution in [0.15, 0.2) is 30.3 Å². The Balaban J connectivity index is 1.86. The standard InChI is InChI=1S/C14H19NO3/c15-10-11-6-4-5-9-13(11)18-14(16)17-12-7-2-1-3-8-12/h1-3,7-8,11,13H,4-6,9-10,15H2. The summed E-state index contributed by atoms with van der Waals surface area (Å²) in [5.41, 5.74) is 5.69. The molecule has 2 rings (SSSR count). The Bertz CT molecular complexity index is 380. The highest BCUT2D eigenvalue weighted by Crippen LogP contribution is 2.26. The van der Waals surface area contributed by atoms with E-state index >= 15 is 0 Å². The molecule has 1 saturated carbocycles. The molecule has 2 unspecified atom stereocenters. The zero-order chi connectivity index (χ0) is 12.8. The fraction of sp³-hybridized carbons (Fsp3) is 0.500. The third-order valence-corrected chi connectivity index (χ3v) is 3.33. The topological polar surface area (TPSA) is 61.5 Å². The normalized spacial score (nSPS) is 23.4. The summed E-state index contributed by atoms with van der Waals surface area (Å²) in [5, 5.41) is 0. The first-order chi connectivity index (χ1) is 8.79. The number of carbonyl (C=O) groups excluding carboxylic acids is 1. The Morgan fingerprint density at radius 2 is 1.94 bits per heavy atom. The fourth-order valence-corrected chi connectivity index (χ4v) is 2.33. The van der Waals surface area contributed by atoms with Gasteiger partial charge in [0.25, 0.3) is 0 Å². The molecule has 98 valence electrons. The van der Waals surface area contributed by atoms with Crippen LogP contribution in [0.5, 0.6) is 5.75 Å². The molecule has 0 saturated heterocycles. The van der Waals surface area contributed by atoms with E-state index in [9.17, 15) is 4.79 Å². The van der Waals surface area contributed by atoms with Crippen molar-refractivity contribution in [2.75, 3.05) is 6.54 Å². The lowest BCUT2D eigenvalue weighted by Gasteiger charge is -2.29. The Morgan fingerprint density at radius 3 is 2.67 bits per heavy atom. The lowest BCUT2D eigenvalue weighted by Crippen LogP contribution is -2.35. The van der Waals surface area contributed by atoms with Gasteiger partial charge >= 0.3 is 6.16 Å². The first-order valence-electron chi connectivity index (χ1n) is 6.43. The zero-order valence-corrected chi connectivity index (χ0v) is 10.4. The number of rotatable bonds is 3. The average molecular weight is 249 g/mol. The SMILES string of the molecule is NCC1CCCCC1OC(=O)Oc1ccccc1. The molecule has 1 aliphatic rings. The van der Waals surface area contributed by atoms with E-state index in [2.05, 4.69) is 0 Å². The molecule has 0 spiro atoms. The molecule has 0 aliphatic heterocycles. The van der Waals surface area contributed by atoms with Crippen molar-refractivity contribution < 1.29 is 14.3 Å². The van der Waals surface area contributed by atoms with Crippen molar-refractivity contribution in [3.05, 3.63) is 30.3 Å². The van der Waals surface area contributed by atoms with E-state index in [-0.39, 0.29) is 12.0 Å². The summed E-state index contributed by atoms with van der Waals surface area (Å²) in [6.45, 7) is 0.559. The van der Waals surface area contributed by atoms with E-state index in [1.54, 1.807) is 12.1 Å². The minimum Gasteiger partial charge on any atom is -0.430 e. The van der Waals surface area contributed by atoms with Gasteiger partial charge in [0, 0.05) is 5.92 Å². The van der Waals surface area contributed by atoms with E-state index < -0.39 is 6.16 Å². The molecule has 1 aromatic carbocycles. The number of nitrogens with two attached hydrogens (primary N) is 1. The second-order valence-corrected chi connectivity index (χ2v) is 4.60. The Hall–Kier alpha value is -1.55. The van der Waals surface area contributed by atoms with Gasteiger partial charge in [0.1, 0.15) is 11.9 Å². The molecule has 2 N–H and O–H groups in total. The first kappa shape index (κ1) is 12.9. The maximum Gasteiger partial charge on any atom is 0.514 e. The van der Waals surface area contributed by atoms with Crippen LogP contribution in [0.25, 0.3) is 0 Å². The lowest BCUT2D eigenvalue weighted by molar-refractivity contribution is 0.0137. The minimum atomic E-state index is -0.633. The Morgan fingerprint density at radius 1 is 1.22 bits per heavy atom. The highest BCUT2D eigenvalue weighted by Gasteiger charge is 2.27. The maximum atomic E-state index is 11.7. The zero-order valence-electron chi connectivity index (χ0n) is 10.4. The van der Waals surface area contributed by atoms with Crippen molar-refractivity contribution in [3.8, 4) is 5.75 Å². The monoisotopic (exact) mass is 249 g/mol. The highest BCUT2D eigenvalue weighted by molar-refractivity contribution is 5.63. The van der Waals surface area contributed by atoms with Crippen molar-refractivity contribution in [2.24, 2.45) is 11.7 Å². The van der Waals surface area contributed by atoms with E-state index in [4.69, 9.17) is 15.2 Å². The number of para-hydroxylation sites is 1. The molecule has 1 aromatic rings. The molecule has 0 heterocycles. The molecular formula is C14H19NO3. The lowest BCUT2D eigenvalue weighted by atomic mass is 9.86. The van der Waals surface area contributed by atoms with Crippen molar-refractivity contribution in [3.63, 3.8) is 0 Å². The molecule has 4 nitrogen and oxygen atoms in total. The molecule has 4 heteroatoms. The maximum absolute atomic E-state index is 11.7. The highest BCUT2D eigenvalue weighted by atomic mass is 16.7. The number of hydrogen-bond acceptors (Lipinski definition) is 4. The van der Waals surface area contributed by atoms with Crippen molar-refractivity contribution in [1.82, 2.24) is 0 Å². The van der Waals surface area contributed by atoms with E-state index in [0.29, 0.717) is 12.3 Å². The molecule has 0 bridgehead atoms. The van der Waals surface area contributed by atoms with Crippen LogP contribution in [0.1, 0.15) is 25.7 Å². The van der Waals surface area contributed by atoms with Gasteiger partial charge in [-0.1, -0.05) is 24.6 Å². The molecule has 18 heavy (non-hydrogen) atoms. The Labute approximate surface area is 107 Å². The molecule has 2 atom stereocenters. The van der Waals surface area contributed by atoms with E-state index in [0.717, 1.165) is 25.7 Å². The predicted octanol–water partition coefficient (Wildman–Crippen LogP) is 2.72. The molecule has 0 aromatic heterocycles. The molecule has 0 amide bonds. The van der Waals surface area contributed by atoms with Crippen LogP contribution in [0, 0.1) is 5.92 Å². The van der Waals surface area contributed by atoms with Crippen LogP contribution >= 0.6 is 0 Å². The van der Waals surface area contributed by atoms with Crippen LogP contribution in [0.2, 0.25) is 0 Å². The molecular weight excluding hydrogens is 230 g/mol. The van der Waals surface area contributed by atoms with Crippen LogP contribution in [0.3, 0.4) is 0 Å². The second kappa shape index (κ2) is 6.40. The van der Waals surface area contributed by atoms with Crippen molar-refractivity contribution in [2.45, 2.75) is 31.8 Å². The quantitative estimate of drug-likeness (QED) is 0.661. The summed E-state index contributed by atoms with van der Waals surface area (Å²) in [5.74, 6) is 0.768. The molecule has 1 fully saturated rings. The number of benzene rings is 1. The number of carbonyl (C=O) groups is 1. The van der Waals surface area contributed by atoms with Crippen LogP contribution in [-0.2, 0) is 4.74 Å². The summed E-state index contributed by atoms with van der Waals surface area (Å²) in [6, 6.07) is 8.94. The predicted molar refractivity (Wildman–Crippen MR) is 68.4 cm³/mol. The van der Waals surface area contributed by atoms with Crippen LogP contribution in [-0.4, -0.2) is 18.8 Å². The van der Waals surface area contributed by atoms with E-state index in [1.807, 2.05) is 18.2 Å². The van der Waals surface area contributed by atoms with Gasteiger partial charge in [0.2, 0.25) is 0 Å². The average Bonchev–Trinajstić information content (AvgIpc) is 2.40. The summed E-state index contributed by atoms with van der Waals surface area (Å²) >= 11 is 0. The third kappa shape index (κ3) is 3.47. The van der Waals surface area contributed by atoms with Gasteiger partial charge in [-0.15, -0.1) is 0 Å². The van der Waals surface area contributed by atoms with Gasteiger partial charge in [-0.25, -0.2) is 4.79 Å². The van der Waals surface area contributed by atoms with E-state index in [1.165, 1.54) is 0 Å². The largest absolute Gasteiger partial charge is 0.514 e. The Kier molecular flexibility index (Phi) is 4.59. The van der Waals surface area contributed by atoms with Gasteiger partial charge in [-0.05, 0) is 37.9 Å². The molecule has 0 radical (unpaired) electrons. The van der Waals surface area contributed by atoms with Gasteiger partial charge in [-0.3, -0.25) is 0 Å². The summed E-state index contributed by atoms with van der Waals surface area (Å²) in [6.07, 6.45) is 3.42. The summed E-state index contributed by atoms with van der Waals surface area (Å²) in [7, 11) is 0. The molecule has 1 aliphatic carbocycles. The fourth-order valence-electron chi connectivity index (χ4n) is 2.33. The van der Waals surface area contributed by atoms with Gasteiger partial charge in [-0.2, -0.15) is 0 Å². The van der Waals surface area contributed by atoms with Crippen LogP contribution in [0.4, 0.5) is 4.79 Å². The third-order valence-electron chi connectivity index (χ3n) is 3.33. The number of ether oxygens (including phenoxy) is 2. The van der Waals surface area contributed by atoms with Crippen molar-refractivity contribution >= 4 is 6.16 Å².